The van der Waals surface area contributed by atoms with E-state index in [0.29, 0.717) is 21.5 Å². The highest BCUT2D eigenvalue weighted by atomic mass is 35.5. The first-order chi connectivity index (χ1) is 10.1. The largest absolute Gasteiger partial charge is 0.324 e. The summed E-state index contributed by atoms with van der Waals surface area (Å²) < 4.78 is 12.9. The number of halogens is 3. The smallest absolute Gasteiger partial charge is 0.234 e. The fourth-order valence-electron chi connectivity index (χ4n) is 1.64. The van der Waals surface area contributed by atoms with Crippen LogP contribution < -0.4 is 5.32 Å². The topological polar surface area (TPSA) is 29.1 Å². The quantitative estimate of drug-likeness (QED) is 0.827. The molecule has 2 nitrogen and oxygen atoms in total. The SMILES string of the molecule is O=C(CSCc1ccc(F)cc1Cl)Nc1ccccc1Cl. The van der Waals surface area contributed by atoms with Crippen LogP contribution in [-0.4, -0.2) is 11.7 Å². The van der Waals surface area contributed by atoms with Gasteiger partial charge in [0, 0.05) is 10.8 Å². The minimum absolute atomic E-state index is 0.147. The Kier molecular flexibility index (Phi) is 5.91. The van der Waals surface area contributed by atoms with Crippen LogP contribution in [0.2, 0.25) is 10.0 Å². The van der Waals surface area contributed by atoms with Gasteiger partial charge in [-0.05, 0) is 29.8 Å². The molecule has 0 aliphatic rings. The highest BCUT2D eigenvalue weighted by molar-refractivity contribution is 7.99. The van der Waals surface area contributed by atoms with Gasteiger partial charge < -0.3 is 5.32 Å². The van der Waals surface area contributed by atoms with Gasteiger partial charge in [0.1, 0.15) is 5.82 Å². The lowest BCUT2D eigenvalue weighted by Crippen LogP contribution is -2.14. The van der Waals surface area contributed by atoms with E-state index in [1.807, 2.05) is 0 Å². The summed E-state index contributed by atoms with van der Waals surface area (Å²) in [7, 11) is 0. The van der Waals surface area contributed by atoms with Crippen molar-refractivity contribution in [3.8, 4) is 0 Å². The molecule has 0 spiro atoms. The first kappa shape index (κ1) is 16.1. The van der Waals surface area contributed by atoms with Crippen LogP contribution in [0.3, 0.4) is 0 Å². The number of para-hydroxylation sites is 1. The van der Waals surface area contributed by atoms with E-state index < -0.39 is 0 Å². The number of carbonyl (C=O) groups is 1. The summed E-state index contributed by atoms with van der Waals surface area (Å²) in [5.41, 5.74) is 1.39. The summed E-state index contributed by atoms with van der Waals surface area (Å²) in [6, 6.07) is 11.3. The standard InChI is InChI=1S/C15H12Cl2FNOS/c16-12-3-1-2-4-14(12)19-15(20)9-21-8-10-5-6-11(18)7-13(10)17/h1-7H,8-9H2,(H,19,20). The monoisotopic (exact) mass is 343 g/mol. The summed E-state index contributed by atoms with van der Waals surface area (Å²) in [4.78, 5) is 11.8. The van der Waals surface area contributed by atoms with Crippen molar-refractivity contribution in [2.45, 2.75) is 5.75 Å². The van der Waals surface area contributed by atoms with Crippen LogP contribution in [0.15, 0.2) is 42.5 Å². The zero-order valence-electron chi connectivity index (χ0n) is 10.9. The minimum atomic E-state index is -0.370. The van der Waals surface area contributed by atoms with Gasteiger partial charge in [-0.3, -0.25) is 4.79 Å². The summed E-state index contributed by atoms with van der Waals surface area (Å²) >= 11 is 13.3. The van der Waals surface area contributed by atoms with E-state index in [1.54, 1.807) is 30.3 Å². The predicted octanol–water partition coefficient (Wildman–Crippen LogP) is 5.00. The van der Waals surface area contributed by atoms with Crippen LogP contribution in [0.1, 0.15) is 5.56 Å². The fraction of sp³-hybridized carbons (Fsp3) is 0.133. The molecule has 2 rings (SSSR count). The molecule has 0 saturated heterocycles. The van der Waals surface area contributed by atoms with Crippen LogP contribution in [-0.2, 0) is 10.5 Å². The molecule has 1 amide bonds. The van der Waals surface area contributed by atoms with Crippen LogP contribution >= 0.6 is 35.0 Å². The van der Waals surface area contributed by atoms with Gasteiger partial charge in [0.25, 0.3) is 0 Å². The molecule has 6 heteroatoms. The van der Waals surface area contributed by atoms with E-state index in [9.17, 15) is 9.18 Å². The average molecular weight is 344 g/mol. The Morgan fingerprint density at radius 3 is 2.62 bits per heavy atom. The van der Waals surface area contributed by atoms with Gasteiger partial charge in [-0.25, -0.2) is 4.39 Å². The second kappa shape index (κ2) is 7.69. The highest BCUT2D eigenvalue weighted by Crippen LogP contribution is 2.23. The summed E-state index contributed by atoms with van der Waals surface area (Å²) in [6.45, 7) is 0. The van der Waals surface area contributed by atoms with Crippen molar-refractivity contribution in [2.75, 3.05) is 11.1 Å². The van der Waals surface area contributed by atoms with Crippen LogP contribution in [0.25, 0.3) is 0 Å². The summed E-state index contributed by atoms with van der Waals surface area (Å²) in [6.07, 6.45) is 0. The first-order valence-electron chi connectivity index (χ1n) is 6.12. The lowest BCUT2D eigenvalue weighted by atomic mass is 10.2. The number of anilines is 1. The van der Waals surface area contributed by atoms with Crippen molar-refractivity contribution in [1.82, 2.24) is 0 Å². The number of rotatable bonds is 5. The van der Waals surface area contributed by atoms with Crippen molar-refractivity contribution < 1.29 is 9.18 Å². The lowest BCUT2D eigenvalue weighted by Gasteiger charge is -2.07. The third-order valence-electron chi connectivity index (χ3n) is 2.65. The third kappa shape index (κ3) is 4.92. The Morgan fingerprint density at radius 2 is 1.90 bits per heavy atom. The van der Waals surface area contributed by atoms with E-state index in [-0.39, 0.29) is 17.5 Å². The van der Waals surface area contributed by atoms with E-state index in [1.165, 1.54) is 23.9 Å². The average Bonchev–Trinajstić information content (AvgIpc) is 2.44. The Labute approximate surface area is 136 Å². The molecule has 0 aliphatic carbocycles. The summed E-state index contributed by atoms with van der Waals surface area (Å²) in [5, 5.41) is 3.60. The molecule has 2 aromatic rings. The molecule has 0 unspecified atom stereocenters. The Bertz CT molecular complexity index is 651. The number of carbonyl (C=O) groups excluding carboxylic acids is 1. The number of thioether (sulfide) groups is 1. The second-order valence-electron chi connectivity index (χ2n) is 4.26. The Balaban J connectivity index is 1.83. The number of nitrogens with one attached hydrogen (secondary N) is 1. The molecule has 0 aliphatic heterocycles. The van der Waals surface area contributed by atoms with Crippen molar-refractivity contribution >= 4 is 46.6 Å². The molecule has 0 fully saturated rings. The number of benzene rings is 2. The molecule has 0 bridgehead atoms. The van der Waals surface area contributed by atoms with Crippen molar-refractivity contribution in [3.05, 3.63) is 63.9 Å². The van der Waals surface area contributed by atoms with Gasteiger partial charge >= 0.3 is 0 Å². The fourth-order valence-corrected chi connectivity index (χ4v) is 2.97. The van der Waals surface area contributed by atoms with Gasteiger partial charge in [0.15, 0.2) is 0 Å². The Hall–Kier alpha value is -1.23. The molecule has 110 valence electrons. The zero-order chi connectivity index (χ0) is 15.2. The maximum atomic E-state index is 12.9. The van der Waals surface area contributed by atoms with Crippen LogP contribution in [0.4, 0.5) is 10.1 Å². The maximum absolute atomic E-state index is 12.9. The van der Waals surface area contributed by atoms with Gasteiger partial charge in [-0.1, -0.05) is 41.4 Å². The molecular formula is C15H12Cl2FNOS. The molecule has 0 atom stereocenters. The molecule has 1 N–H and O–H groups in total. The van der Waals surface area contributed by atoms with Gasteiger partial charge in [-0.15, -0.1) is 11.8 Å². The normalized spacial score (nSPS) is 10.4. The predicted molar refractivity (Wildman–Crippen MR) is 87.7 cm³/mol. The molecule has 0 heterocycles. The van der Waals surface area contributed by atoms with Crippen LogP contribution in [0, 0.1) is 5.82 Å². The molecule has 0 radical (unpaired) electrons. The second-order valence-corrected chi connectivity index (χ2v) is 6.06. The Morgan fingerprint density at radius 1 is 1.14 bits per heavy atom. The van der Waals surface area contributed by atoms with E-state index in [2.05, 4.69) is 5.32 Å². The number of amides is 1. The third-order valence-corrected chi connectivity index (χ3v) is 4.32. The zero-order valence-corrected chi connectivity index (χ0v) is 13.2. The molecule has 0 saturated carbocycles. The van der Waals surface area contributed by atoms with E-state index in [0.717, 1.165) is 5.56 Å². The van der Waals surface area contributed by atoms with Crippen LogP contribution in [0.5, 0.6) is 0 Å². The maximum Gasteiger partial charge on any atom is 0.234 e. The number of hydrogen-bond acceptors (Lipinski definition) is 2. The van der Waals surface area contributed by atoms with Crippen molar-refractivity contribution in [2.24, 2.45) is 0 Å². The highest BCUT2D eigenvalue weighted by Gasteiger charge is 2.07. The minimum Gasteiger partial charge on any atom is -0.324 e. The summed E-state index contributed by atoms with van der Waals surface area (Å²) in [5.74, 6) is 0.283. The van der Waals surface area contributed by atoms with E-state index >= 15 is 0 Å². The van der Waals surface area contributed by atoms with Crippen molar-refractivity contribution in [3.63, 3.8) is 0 Å². The molecular weight excluding hydrogens is 332 g/mol. The van der Waals surface area contributed by atoms with Gasteiger partial charge in [-0.2, -0.15) is 0 Å². The molecule has 21 heavy (non-hydrogen) atoms. The van der Waals surface area contributed by atoms with Gasteiger partial charge in [0.05, 0.1) is 16.5 Å². The van der Waals surface area contributed by atoms with Crippen molar-refractivity contribution in [1.29, 1.82) is 0 Å². The van der Waals surface area contributed by atoms with Gasteiger partial charge in [0.2, 0.25) is 5.91 Å². The molecule has 0 aromatic heterocycles. The number of hydrogen-bond donors (Lipinski definition) is 1. The first-order valence-corrected chi connectivity index (χ1v) is 8.03. The lowest BCUT2D eigenvalue weighted by molar-refractivity contribution is -0.113. The molecule has 2 aromatic carbocycles. The van der Waals surface area contributed by atoms with E-state index in [4.69, 9.17) is 23.2 Å².